The number of alkyl halides is 4. The molecule has 0 fully saturated rings. The van der Waals surface area contributed by atoms with Gasteiger partial charge in [0.25, 0.3) is 0 Å². The molecule has 106 valence electrons. The molecule has 20 heavy (non-hydrogen) atoms. The lowest BCUT2D eigenvalue weighted by Gasteiger charge is -2.09. The molecule has 1 aromatic carbocycles. The molecular weight excluding hydrogens is 297 g/mol. The summed E-state index contributed by atoms with van der Waals surface area (Å²) in [6.07, 6.45) is -1.86. The van der Waals surface area contributed by atoms with E-state index in [4.69, 9.17) is 16.3 Å². The molecule has 1 aromatic heterocycles. The molecular formula is C12H8ClF3N2O2. The standard InChI is InChI=1S/C12H8ClF3N2O2/c13-5-8-6-17-7-11(18-8)19-9-1-3-10(4-2-9)20-12(14,15)16/h1-4,6-7H,5H2. The fourth-order valence-electron chi connectivity index (χ4n) is 1.33. The summed E-state index contributed by atoms with van der Waals surface area (Å²) in [6, 6.07) is 4.94. The highest BCUT2D eigenvalue weighted by Gasteiger charge is 2.30. The molecule has 0 aliphatic heterocycles. The number of nitrogens with zero attached hydrogens (tertiary/aromatic N) is 2. The highest BCUT2D eigenvalue weighted by Crippen LogP contribution is 2.26. The van der Waals surface area contributed by atoms with E-state index in [-0.39, 0.29) is 17.5 Å². The van der Waals surface area contributed by atoms with Crippen LogP contribution < -0.4 is 9.47 Å². The fraction of sp³-hybridized carbons (Fsp3) is 0.167. The molecule has 1 heterocycles. The first-order chi connectivity index (χ1) is 9.46. The molecule has 0 atom stereocenters. The van der Waals surface area contributed by atoms with E-state index in [9.17, 15) is 13.2 Å². The summed E-state index contributed by atoms with van der Waals surface area (Å²) < 4.78 is 45.0. The smallest absolute Gasteiger partial charge is 0.437 e. The van der Waals surface area contributed by atoms with Gasteiger partial charge in [0.2, 0.25) is 5.88 Å². The fourth-order valence-corrected chi connectivity index (χ4v) is 1.46. The molecule has 4 nitrogen and oxygen atoms in total. The minimum absolute atomic E-state index is 0.183. The van der Waals surface area contributed by atoms with Gasteiger partial charge in [0.15, 0.2) is 0 Å². The van der Waals surface area contributed by atoms with E-state index in [0.29, 0.717) is 11.4 Å². The highest BCUT2D eigenvalue weighted by molar-refractivity contribution is 6.16. The molecule has 0 amide bonds. The third kappa shape index (κ3) is 4.27. The zero-order valence-electron chi connectivity index (χ0n) is 9.89. The molecule has 0 radical (unpaired) electrons. The van der Waals surface area contributed by atoms with Crippen LogP contribution in [0.5, 0.6) is 17.4 Å². The molecule has 0 bridgehead atoms. The highest BCUT2D eigenvalue weighted by atomic mass is 35.5. The van der Waals surface area contributed by atoms with Gasteiger partial charge in [-0.1, -0.05) is 0 Å². The van der Waals surface area contributed by atoms with Gasteiger partial charge in [0, 0.05) is 6.20 Å². The number of rotatable bonds is 4. The Balaban J connectivity index is 2.06. The molecule has 0 unspecified atom stereocenters. The lowest BCUT2D eigenvalue weighted by atomic mass is 10.3. The summed E-state index contributed by atoms with van der Waals surface area (Å²) in [6.45, 7) is 0. The van der Waals surface area contributed by atoms with Crippen molar-refractivity contribution < 1.29 is 22.6 Å². The van der Waals surface area contributed by atoms with Crippen molar-refractivity contribution in [2.24, 2.45) is 0 Å². The predicted octanol–water partition coefficient (Wildman–Crippen LogP) is 3.91. The van der Waals surface area contributed by atoms with E-state index in [1.807, 2.05) is 0 Å². The van der Waals surface area contributed by atoms with E-state index in [1.54, 1.807) is 0 Å². The van der Waals surface area contributed by atoms with Crippen LogP contribution in [0.2, 0.25) is 0 Å². The Hall–Kier alpha value is -2.02. The third-order valence-electron chi connectivity index (χ3n) is 2.08. The molecule has 0 N–H and O–H groups in total. The zero-order valence-corrected chi connectivity index (χ0v) is 10.6. The van der Waals surface area contributed by atoms with E-state index < -0.39 is 6.36 Å². The maximum absolute atomic E-state index is 12.0. The molecule has 8 heteroatoms. The zero-order chi connectivity index (χ0) is 14.6. The predicted molar refractivity (Wildman–Crippen MR) is 64.8 cm³/mol. The SMILES string of the molecule is FC(F)(F)Oc1ccc(Oc2cncc(CCl)n2)cc1. The minimum atomic E-state index is -4.72. The van der Waals surface area contributed by atoms with Gasteiger partial charge in [-0.05, 0) is 24.3 Å². The van der Waals surface area contributed by atoms with E-state index >= 15 is 0 Å². The van der Waals surface area contributed by atoms with Crippen molar-refractivity contribution in [2.75, 3.05) is 0 Å². The van der Waals surface area contributed by atoms with Gasteiger partial charge < -0.3 is 9.47 Å². The molecule has 0 spiro atoms. The first-order valence-corrected chi connectivity index (χ1v) is 5.90. The largest absolute Gasteiger partial charge is 0.573 e. The molecule has 2 rings (SSSR count). The Kier molecular flexibility index (Phi) is 4.29. The number of aromatic nitrogens is 2. The van der Waals surface area contributed by atoms with Gasteiger partial charge >= 0.3 is 6.36 Å². The Morgan fingerprint density at radius 1 is 1.05 bits per heavy atom. The summed E-state index contributed by atoms with van der Waals surface area (Å²) in [7, 11) is 0. The van der Waals surface area contributed by atoms with Crippen LogP contribution in [-0.4, -0.2) is 16.3 Å². The number of hydrogen-bond acceptors (Lipinski definition) is 4. The Bertz CT molecular complexity index is 576. The second kappa shape index (κ2) is 5.96. The lowest BCUT2D eigenvalue weighted by Crippen LogP contribution is -2.16. The van der Waals surface area contributed by atoms with Crippen molar-refractivity contribution >= 4 is 11.6 Å². The van der Waals surface area contributed by atoms with E-state index in [2.05, 4.69) is 14.7 Å². The molecule has 0 saturated carbocycles. The van der Waals surface area contributed by atoms with Crippen LogP contribution in [0.25, 0.3) is 0 Å². The summed E-state index contributed by atoms with van der Waals surface area (Å²) >= 11 is 5.60. The van der Waals surface area contributed by atoms with Crippen molar-refractivity contribution in [2.45, 2.75) is 12.2 Å². The van der Waals surface area contributed by atoms with Gasteiger partial charge in [-0.15, -0.1) is 24.8 Å². The molecule has 0 aliphatic carbocycles. The van der Waals surface area contributed by atoms with Crippen LogP contribution in [0.4, 0.5) is 13.2 Å². The van der Waals surface area contributed by atoms with Gasteiger partial charge in [0.1, 0.15) is 11.5 Å². The van der Waals surface area contributed by atoms with Crippen LogP contribution >= 0.6 is 11.6 Å². The second-order valence-corrected chi connectivity index (χ2v) is 3.87. The summed E-state index contributed by atoms with van der Waals surface area (Å²) in [5, 5.41) is 0. The average molecular weight is 305 g/mol. The van der Waals surface area contributed by atoms with Crippen LogP contribution in [0.15, 0.2) is 36.7 Å². The Morgan fingerprint density at radius 2 is 1.70 bits per heavy atom. The van der Waals surface area contributed by atoms with Gasteiger partial charge in [0.05, 0.1) is 17.8 Å². The van der Waals surface area contributed by atoms with Crippen LogP contribution in [-0.2, 0) is 5.88 Å². The van der Waals surface area contributed by atoms with Gasteiger partial charge in [-0.3, -0.25) is 4.98 Å². The first-order valence-electron chi connectivity index (χ1n) is 5.37. The van der Waals surface area contributed by atoms with Crippen molar-refractivity contribution in [1.29, 1.82) is 0 Å². The monoisotopic (exact) mass is 304 g/mol. The number of hydrogen-bond donors (Lipinski definition) is 0. The van der Waals surface area contributed by atoms with E-state index in [0.717, 1.165) is 12.1 Å². The van der Waals surface area contributed by atoms with Crippen molar-refractivity contribution in [1.82, 2.24) is 9.97 Å². The summed E-state index contributed by atoms with van der Waals surface area (Å²) in [4.78, 5) is 7.91. The quantitative estimate of drug-likeness (QED) is 0.803. The topological polar surface area (TPSA) is 44.2 Å². The number of ether oxygens (including phenoxy) is 2. The Morgan fingerprint density at radius 3 is 2.30 bits per heavy atom. The normalized spacial score (nSPS) is 11.2. The third-order valence-corrected chi connectivity index (χ3v) is 2.35. The van der Waals surface area contributed by atoms with Crippen LogP contribution in [0, 0.1) is 0 Å². The van der Waals surface area contributed by atoms with Crippen molar-refractivity contribution in [3.05, 3.63) is 42.4 Å². The minimum Gasteiger partial charge on any atom is -0.437 e. The first kappa shape index (κ1) is 14.4. The molecule has 0 aliphatic rings. The maximum Gasteiger partial charge on any atom is 0.573 e. The van der Waals surface area contributed by atoms with E-state index in [1.165, 1.54) is 24.5 Å². The summed E-state index contributed by atoms with van der Waals surface area (Å²) in [5.74, 6) is 0.362. The average Bonchev–Trinajstić information content (AvgIpc) is 2.40. The number of benzene rings is 1. The molecule has 2 aromatic rings. The van der Waals surface area contributed by atoms with Crippen molar-refractivity contribution in [3.8, 4) is 17.4 Å². The summed E-state index contributed by atoms with van der Waals surface area (Å²) in [5.41, 5.74) is 0.529. The number of halogens is 4. The Labute approximate surface area is 117 Å². The van der Waals surface area contributed by atoms with Gasteiger partial charge in [-0.2, -0.15) is 0 Å². The van der Waals surface area contributed by atoms with Crippen molar-refractivity contribution in [3.63, 3.8) is 0 Å². The van der Waals surface area contributed by atoms with Crippen LogP contribution in [0.1, 0.15) is 5.69 Å². The lowest BCUT2D eigenvalue weighted by molar-refractivity contribution is -0.274. The van der Waals surface area contributed by atoms with Gasteiger partial charge in [-0.25, -0.2) is 4.98 Å². The maximum atomic E-state index is 12.0. The van der Waals surface area contributed by atoms with Crippen LogP contribution in [0.3, 0.4) is 0 Å². The molecule has 0 saturated heterocycles. The second-order valence-electron chi connectivity index (χ2n) is 3.60.